The maximum Gasteiger partial charge on any atom is 0.508 e. The van der Waals surface area contributed by atoms with Gasteiger partial charge >= 0.3 is 18.3 Å². The van der Waals surface area contributed by atoms with E-state index in [2.05, 4.69) is 6.58 Å². The van der Waals surface area contributed by atoms with Crippen LogP contribution in [0.3, 0.4) is 0 Å². The molecule has 0 saturated carbocycles. The van der Waals surface area contributed by atoms with E-state index in [4.69, 9.17) is 28.4 Å². The molecule has 0 aliphatic carbocycles. The molecule has 0 amide bonds. The zero-order valence-electron chi connectivity index (χ0n) is 17.0. The summed E-state index contributed by atoms with van der Waals surface area (Å²) in [4.78, 5) is 34.5. The van der Waals surface area contributed by atoms with E-state index in [1.54, 1.807) is 0 Å². The number of unbranched alkanes of at least 4 members (excludes halogenated alkanes) is 2. The van der Waals surface area contributed by atoms with Crippen LogP contribution in [0.25, 0.3) is 0 Å². The van der Waals surface area contributed by atoms with E-state index in [9.17, 15) is 14.4 Å². The van der Waals surface area contributed by atoms with E-state index < -0.39 is 24.4 Å². The van der Waals surface area contributed by atoms with E-state index in [1.807, 2.05) is 13.8 Å². The van der Waals surface area contributed by atoms with Crippen molar-refractivity contribution < 1.29 is 42.8 Å². The molecule has 0 spiro atoms. The van der Waals surface area contributed by atoms with Gasteiger partial charge in [-0.2, -0.15) is 0 Å². The molecule has 162 valence electrons. The first-order valence-electron chi connectivity index (χ1n) is 9.44. The van der Waals surface area contributed by atoms with Crippen LogP contribution < -0.4 is 0 Å². The van der Waals surface area contributed by atoms with Crippen LogP contribution >= 0.6 is 0 Å². The van der Waals surface area contributed by atoms with Crippen LogP contribution in [-0.2, 0) is 33.2 Å². The Kier molecular flexibility index (Phi) is 15.5. The molecule has 1 atom stereocenters. The summed E-state index contributed by atoms with van der Waals surface area (Å²) in [5.41, 5.74) is 0.283. The van der Waals surface area contributed by atoms with Crippen LogP contribution in [0.1, 0.15) is 46.5 Å². The van der Waals surface area contributed by atoms with Gasteiger partial charge in [0.05, 0.1) is 26.4 Å². The minimum Gasteiger partial charge on any atom is -0.460 e. The van der Waals surface area contributed by atoms with Gasteiger partial charge in [-0.15, -0.1) is 0 Å². The first-order chi connectivity index (χ1) is 13.4. The third kappa shape index (κ3) is 14.8. The van der Waals surface area contributed by atoms with Crippen molar-refractivity contribution in [2.75, 3.05) is 39.6 Å². The highest BCUT2D eigenvalue weighted by molar-refractivity contribution is 5.86. The maximum atomic E-state index is 11.7. The van der Waals surface area contributed by atoms with Crippen molar-refractivity contribution in [3.8, 4) is 0 Å². The summed E-state index contributed by atoms with van der Waals surface area (Å²) in [7, 11) is 0. The molecule has 0 aromatic rings. The SMILES string of the molecule is C=C(C)C(=O)OCCOCC(COC(=O)OCCCC)OC(=O)OCCCC. The van der Waals surface area contributed by atoms with Gasteiger partial charge in [-0.1, -0.05) is 33.3 Å². The van der Waals surface area contributed by atoms with Crippen LogP contribution in [0.15, 0.2) is 12.2 Å². The van der Waals surface area contributed by atoms with E-state index in [-0.39, 0.29) is 45.2 Å². The zero-order chi connectivity index (χ0) is 21.2. The molecule has 0 rings (SSSR count). The van der Waals surface area contributed by atoms with Crippen molar-refractivity contribution in [3.05, 3.63) is 12.2 Å². The number of hydrogen-bond donors (Lipinski definition) is 0. The number of hydrogen-bond acceptors (Lipinski definition) is 9. The van der Waals surface area contributed by atoms with Crippen LogP contribution in [0.2, 0.25) is 0 Å². The summed E-state index contributed by atoms with van der Waals surface area (Å²) in [6, 6.07) is 0. The smallest absolute Gasteiger partial charge is 0.460 e. The fraction of sp³-hybridized carbons (Fsp3) is 0.737. The molecule has 0 aliphatic heterocycles. The van der Waals surface area contributed by atoms with Crippen molar-refractivity contribution in [2.45, 2.75) is 52.6 Å². The quantitative estimate of drug-likeness (QED) is 0.176. The van der Waals surface area contributed by atoms with E-state index in [0.717, 1.165) is 19.3 Å². The summed E-state index contributed by atoms with van der Waals surface area (Å²) in [5.74, 6) is -0.519. The molecule has 9 nitrogen and oxygen atoms in total. The fourth-order valence-electron chi connectivity index (χ4n) is 1.62. The first-order valence-corrected chi connectivity index (χ1v) is 9.44. The largest absolute Gasteiger partial charge is 0.508 e. The van der Waals surface area contributed by atoms with E-state index in [0.29, 0.717) is 6.42 Å². The number of carbonyl (C=O) groups excluding carboxylic acids is 3. The highest BCUT2D eigenvalue weighted by Crippen LogP contribution is 2.02. The van der Waals surface area contributed by atoms with Crippen molar-refractivity contribution in [2.24, 2.45) is 0 Å². The minimum atomic E-state index is -0.885. The maximum absolute atomic E-state index is 11.7. The second kappa shape index (κ2) is 16.9. The molecule has 0 radical (unpaired) electrons. The lowest BCUT2D eigenvalue weighted by Crippen LogP contribution is -2.31. The summed E-state index contributed by atoms with van der Waals surface area (Å²) >= 11 is 0. The monoisotopic (exact) mass is 404 g/mol. The van der Waals surface area contributed by atoms with Gasteiger partial charge in [-0.05, 0) is 19.8 Å². The Hall–Kier alpha value is -2.29. The number of esters is 1. The molecule has 0 aliphatic rings. The van der Waals surface area contributed by atoms with E-state index in [1.165, 1.54) is 6.92 Å². The first kappa shape index (κ1) is 25.7. The lowest BCUT2D eigenvalue weighted by atomic mass is 10.4. The van der Waals surface area contributed by atoms with Gasteiger partial charge in [0.1, 0.15) is 13.2 Å². The molecule has 28 heavy (non-hydrogen) atoms. The molecule has 9 heteroatoms. The van der Waals surface area contributed by atoms with Gasteiger partial charge in [-0.3, -0.25) is 0 Å². The highest BCUT2D eigenvalue weighted by atomic mass is 16.8. The van der Waals surface area contributed by atoms with Crippen molar-refractivity contribution in [1.29, 1.82) is 0 Å². The van der Waals surface area contributed by atoms with Crippen LogP contribution in [-0.4, -0.2) is 64.0 Å². The summed E-state index contributed by atoms with van der Waals surface area (Å²) in [5, 5.41) is 0. The van der Waals surface area contributed by atoms with Gasteiger partial charge in [0.2, 0.25) is 0 Å². The molecule has 0 heterocycles. The zero-order valence-corrected chi connectivity index (χ0v) is 17.0. The Morgan fingerprint density at radius 2 is 1.39 bits per heavy atom. The molecule has 0 saturated heterocycles. The molecule has 0 fully saturated rings. The molecule has 0 bridgehead atoms. The third-order valence-corrected chi connectivity index (χ3v) is 3.20. The topological polar surface area (TPSA) is 107 Å². The standard InChI is InChI=1S/C19H32O9/c1-5-7-9-25-18(21)27-14-16(28-19(22)26-10-8-6-2)13-23-11-12-24-17(20)15(3)4/h16H,3,5-14H2,1-2,4H3. The van der Waals surface area contributed by atoms with Gasteiger partial charge in [0.25, 0.3) is 0 Å². The van der Waals surface area contributed by atoms with E-state index >= 15 is 0 Å². The molecule has 0 N–H and O–H groups in total. The Labute approximate surface area is 166 Å². The summed E-state index contributed by atoms with van der Waals surface area (Å²) in [6.07, 6.45) is 0.581. The number of rotatable bonds is 15. The predicted octanol–water partition coefficient (Wildman–Crippen LogP) is 3.40. The lowest BCUT2D eigenvalue weighted by Gasteiger charge is -2.18. The fourth-order valence-corrected chi connectivity index (χ4v) is 1.62. The van der Waals surface area contributed by atoms with Crippen molar-refractivity contribution in [3.63, 3.8) is 0 Å². The Balaban J connectivity index is 4.30. The second-order valence-electron chi connectivity index (χ2n) is 5.95. The Morgan fingerprint density at radius 1 is 0.786 bits per heavy atom. The van der Waals surface area contributed by atoms with Crippen molar-refractivity contribution >= 4 is 18.3 Å². The minimum absolute atomic E-state index is 0.0132. The Bertz CT molecular complexity index is 476. The molecule has 0 aromatic carbocycles. The summed E-state index contributed by atoms with van der Waals surface area (Å²) < 4.78 is 30.0. The van der Waals surface area contributed by atoms with Gasteiger partial charge < -0.3 is 28.4 Å². The molecule has 0 aromatic heterocycles. The highest BCUT2D eigenvalue weighted by Gasteiger charge is 2.19. The normalized spacial score (nSPS) is 11.2. The Morgan fingerprint density at radius 3 is 1.96 bits per heavy atom. The predicted molar refractivity (Wildman–Crippen MR) is 99.9 cm³/mol. The molecular weight excluding hydrogens is 372 g/mol. The number of carbonyl (C=O) groups is 3. The average Bonchev–Trinajstić information content (AvgIpc) is 2.65. The van der Waals surface area contributed by atoms with Gasteiger partial charge in [-0.25, -0.2) is 14.4 Å². The molecule has 1 unspecified atom stereocenters. The number of ether oxygens (including phenoxy) is 6. The second-order valence-corrected chi connectivity index (χ2v) is 5.95. The average molecular weight is 404 g/mol. The van der Waals surface area contributed by atoms with Gasteiger partial charge in [0, 0.05) is 5.57 Å². The van der Waals surface area contributed by atoms with Crippen molar-refractivity contribution in [1.82, 2.24) is 0 Å². The van der Waals surface area contributed by atoms with Crippen LogP contribution in [0.4, 0.5) is 9.59 Å². The summed E-state index contributed by atoms with van der Waals surface area (Å²) in [6.45, 7) is 9.18. The van der Waals surface area contributed by atoms with Gasteiger partial charge in [0.15, 0.2) is 6.10 Å². The van der Waals surface area contributed by atoms with Crippen LogP contribution in [0.5, 0.6) is 0 Å². The molecular formula is C19H32O9. The lowest BCUT2D eigenvalue weighted by molar-refractivity contribution is -0.141. The van der Waals surface area contributed by atoms with Crippen LogP contribution in [0, 0.1) is 0 Å². The third-order valence-electron chi connectivity index (χ3n) is 3.20.